The molecule has 0 aromatic heterocycles. The molecule has 1 aliphatic carbocycles. The van der Waals surface area contributed by atoms with E-state index in [1.807, 2.05) is 57.2 Å². The number of hydrogen-bond donors (Lipinski definition) is 2. The van der Waals surface area contributed by atoms with Crippen molar-refractivity contribution in [3.63, 3.8) is 0 Å². The number of nitrogens with zero attached hydrogens (tertiary/aromatic N) is 1. The lowest BCUT2D eigenvalue weighted by Gasteiger charge is -2.34. The second kappa shape index (κ2) is 9.09. The third kappa shape index (κ3) is 4.57. The molecule has 0 spiro atoms. The van der Waals surface area contributed by atoms with E-state index in [1.165, 1.54) is 16.7 Å². The molecule has 174 valence electrons. The Labute approximate surface area is 197 Å². The lowest BCUT2D eigenvalue weighted by molar-refractivity contribution is -0.149. The molecule has 2 N–H and O–H groups in total. The number of carbonyl (C=O) groups is 3. The first-order valence-electron chi connectivity index (χ1n) is 10.9. The first kappa shape index (κ1) is 23.2. The second-order valence-corrected chi connectivity index (χ2v) is 10.4. The molecule has 0 radical (unpaired) electrons. The Morgan fingerprint density at radius 2 is 1.67 bits per heavy atom. The van der Waals surface area contributed by atoms with E-state index in [4.69, 9.17) is 4.74 Å². The third-order valence-electron chi connectivity index (χ3n) is 6.17. The lowest BCUT2D eigenvalue weighted by Crippen LogP contribution is -2.57. The van der Waals surface area contributed by atoms with Crippen LogP contribution in [0.25, 0.3) is 11.1 Å². The molecule has 4 rings (SSSR count). The summed E-state index contributed by atoms with van der Waals surface area (Å²) in [4.78, 5) is 38.9. The highest BCUT2D eigenvalue weighted by Crippen LogP contribution is 2.44. The van der Waals surface area contributed by atoms with Gasteiger partial charge in [0.05, 0.1) is 5.88 Å². The summed E-state index contributed by atoms with van der Waals surface area (Å²) in [6.07, 6.45) is -0.691. The molecule has 0 bridgehead atoms. The van der Waals surface area contributed by atoms with Gasteiger partial charge in [-0.05, 0) is 27.7 Å². The maximum atomic E-state index is 13.2. The first-order chi connectivity index (χ1) is 15.7. The number of fused-ring (bicyclic) bond motifs is 3. The van der Waals surface area contributed by atoms with E-state index < -0.39 is 35.5 Å². The van der Waals surface area contributed by atoms with Gasteiger partial charge in [0.25, 0.3) is 0 Å². The number of nitrogens with one attached hydrogen (secondary N) is 1. The van der Waals surface area contributed by atoms with Gasteiger partial charge in [-0.2, -0.15) is 0 Å². The van der Waals surface area contributed by atoms with Gasteiger partial charge >= 0.3 is 12.1 Å². The topological polar surface area (TPSA) is 95.9 Å². The number of carboxylic acid groups (broad SMARTS) is 1. The highest BCUT2D eigenvalue weighted by Gasteiger charge is 2.42. The fourth-order valence-electron chi connectivity index (χ4n) is 4.44. The predicted molar refractivity (Wildman–Crippen MR) is 127 cm³/mol. The Hall–Kier alpha value is -3.00. The van der Waals surface area contributed by atoms with Crippen molar-refractivity contribution in [1.29, 1.82) is 0 Å². The van der Waals surface area contributed by atoms with Gasteiger partial charge in [0.2, 0.25) is 5.91 Å². The zero-order chi connectivity index (χ0) is 23.8. The summed E-state index contributed by atoms with van der Waals surface area (Å²) in [7, 11) is 0. The van der Waals surface area contributed by atoms with E-state index in [-0.39, 0.29) is 18.4 Å². The molecule has 2 unspecified atom stereocenters. The van der Waals surface area contributed by atoms with E-state index in [0.29, 0.717) is 5.75 Å². The van der Waals surface area contributed by atoms with Crippen LogP contribution in [0.2, 0.25) is 0 Å². The summed E-state index contributed by atoms with van der Waals surface area (Å²) in [5.74, 6) is -0.911. The van der Waals surface area contributed by atoms with Gasteiger partial charge in [0, 0.05) is 11.7 Å². The molecular weight excluding hydrogens is 440 g/mol. The van der Waals surface area contributed by atoms with E-state index in [2.05, 4.69) is 17.4 Å². The molecule has 2 aromatic rings. The molecular formula is C25H28N2O5S. The van der Waals surface area contributed by atoms with Crippen LogP contribution in [-0.4, -0.2) is 58.3 Å². The molecule has 2 aliphatic rings. The van der Waals surface area contributed by atoms with Crippen molar-refractivity contribution in [2.75, 3.05) is 18.2 Å². The standard InChI is InChI=1S/C25H28N2O5S/c1-25(2,3)21(22(28)27-14-33-13-20(27)23(29)30)26-24(31)32-12-19-17-10-6-4-8-15(17)16-9-5-7-11-18(16)19/h4-11,19-21H,12-14H2,1-3H3,(H,26,31)(H,29,30). The first-order valence-corrected chi connectivity index (χ1v) is 12.1. The molecule has 8 heteroatoms. The van der Waals surface area contributed by atoms with Crippen molar-refractivity contribution in [1.82, 2.24) is 10.2 Å². The van der Waals surface area contributed by atoms with Crippen molar-refractivity contribution >= 4 is 29.7 Å². The zero-order valence-corrected chi connectivity index (χ0v) is 19.7. The van der Waals surface area contributed by atoms with Gasteiger partial charge in [-0.1, -0.05) is 69.3 Å². The smallest absolute Gasteiger partial charge is 0.407 e. The summed E-state index contributed by atoms with van der Waals surface area (Å²) >= 11 is 1.39. The minimum Gasteiger partial charge on any atom is -0.480 e. The maximum absolute atomic E-state index is 13.2. The fourth-order valence-corrected chi connectivity index (χ4v) is 5.59. The molecule has 0 saturated carbocycles. The maximum Gasteiger partial charge on any atom is 0.407 e. The average molecular weight is 469 g/mol. The van der Waals surface area contributed by atoms with Gasteiger partial charge in [-0.15, -0.1) is 11.8 Å². The summed E-state index contributed by atoms with van der Waals surface area (Å²) in [6.45, 7) is 5.64. The molecule has 1 aliphatic heterocycles. The fraction of sp³-hybridized carbons (Fsp3) is 0.400. The zero-order valence-electron chi connectivity index (χ0n) is 18.9. The number of amides is 2. The highest BCUT2D eigenvalue weighted by atomic mass is 32.2. The highest BCUT2D eigenvalue weighted by molar-refractivity contribution is 7.99. The minimum atomic E-state index is -1.04. The van der Waals surface area contributed by atoms with Gasteiger partial charge < -0.3 is 20.1 Å². The number of benzene rings is 2. The molecule has 2 aromatic carbocycles. The summed E-state index contributed by atoms with van der Waals surface area (Å²) in [6, 6.07) is 14.3. The molecule has 1 fully saturated rings. The van der Waals surface area contributed by atoms with Crippen LogP contribution in [0.3, 0.4) is 0 Å². The van der Waals surface area contributed by atoms with Gasteiger partial charge in [0.1, 0.15) is 18.7 Å². The number of carbonyl (C=O) groups excluding carboxylic acids is 2. The second-order valence-electron chi connectivity index (χ2n) is 9.43. The molecule has 33 heavy (non-hydrogen) atoms. The Morgan fingerprint density at radius 1 is 1.09 bits per heavy atom. The molecule has 2 atom stereocenters. The van der Waals surface area contributed by atoms with E-state index in [9.17, 15) is 19.5 Å². The largest absolute Gasteiger partial charge is 0.480 e. The van der Waals surface area contributed by atoms with Crippen molar-refractivity contribution in [3.05, 3.63) is 59.7 Å². The van der Waals surface area contributed by atoms with Crippen molar-refractivity contribution in [2.24, 2.45) is 5.41 Å². The number of thioether (sulfide) groups is 1. The van der Waals surface area contributed by atoms with Crippen molar-refractivity contribution in [2.45, 2.75) is 38.8 Å². The van der Waals surface area contributed by atoms with Crippen LogP contribution in [-0.2, 0) is 14.3 Å². The lowest BCUT2D eigenvalue weighted by atomic mass is 9.85. The van der Waals surface area contributed by atoms with Crippen molar-refractivity contribution in [3.8, 4) is 11.1 Å². The van der Waals surface area contributed by atoms with E-state index in [1.54, 1.807) is 0 Å². The molecule has 2 amide bonds. The van der Waals surface area contributed by atoms with Gasteiger partial charge in [0.15, 0.2) is 0 Å². The number of alkyl carbamates (subject to hydrolysis) is 1. The number of carboxylic acids is 1. The Morgan fingerprint density at radius 3 is 2.21 bits per heavy atom. The third-order valence-corrected chi connectivity index (χ3v) is 7.18. The monoisotopic (exact) mass is 468 g/mol. The summed E-state index contributed by atoms with van der Waals surface area (Å²) in [5.41, 5.74) is 3.85. The number of hydrogen-bond acceptors (Lipinski definition) is 5. The quantitative estimate of drug-likeness (QED) is 0.690. The summed E-state index contributed by atoms with van der Waals surface area (Å²) in [5, 5.41) is 12.2. The average Bonchev–Trinajstić information content (AvgIpc) is 3.38. The van der Waals surface area contributed by atoms with Crippen LogP contribution in [0, 0.1) is 5.41 Å². The molecule has 1 saturated heterocycles. The van der Waals surface area contributed by atoms with E-state index in [0.717, 1.165) is 22.3 Å². The van der Waals surface area contributed by atoms with Crippen LogP contribution >= 0.6 is 11.8 Å². The Bertz CT molecular complexity index is 1030. The minimum absolute atomic E-state index is 0.0849. The van der Waals surface area contributed by atoms with Crippen molar-refractivity contribution < 1.29 is 24.2 Å². The normalized spacial score (nSPS) is 18.4. The van der Waals surface area contributed by atoms with Gasteiger partial charge in [-0.25, -0.2) is 9.59 Å². The van der Waals surface area contributed by atoms with Gasteiger partial charge in [-0.3, -0.25) is 4.79 Å². The Kier molecular flexibility index (Phi) is 6.38. The van der Waals surface area contributed by atoms with Crippen LogP contribution < -0.4 is 5.32 Å². The number of aliphatic carboxylic acids is 1. The predicted octanol–water partition coefficient (Wildman–Crippen LogP) is 3.93. The van der Waals surface area contributed by atoms with Crippen LogP contribution in [0.1, 0.15) is 37.8 Å². The summed E-state index contributed by atoms with van der Waals surface area (Å²) < 4.78 is 5.61. The molecule has 7 nitrogen and oxygen atoms in total. The Balaban J connectivity index is 1.47. The van der Waals surface area contributed by atoms with Crippen LogP contribution in [0.5, 0.6) is 0 Å². The van der Waals surface area contributed by atoms with Crippen LogP contribution in [0.4, 0.5) is 4.79 Å². The number of ether oxygens (including phenoxy) is 1. The SMILES string of the molecule is CC(C)(C)C(NC(=O)OCC1c2ccccc2-c2ccccc21)C(=O)N1CSCC1C(=O)O. The van der Waals surface area contributed by atoms with E-state index >= 15 is 0 Å². The van der Waals surface area contributed by atoms with Crippen LogP contribution in [0.15, 0.2) is 48.5 Å². The molecule has 1 heterocycles. The number of rotatable bonds is 5.